The van der Waals surface area contributed by atoms with Crippen molar-refractivity contribution in [2.45, 2.75) is 63.4 Å². The van der Waals surface area contributed by atoms with Crippen molar-refractivity contribution in [2.24, 2.45) is 5.92 Å². The van der Waals surface area contributed by atoms with Crippen molar-refractivity contribution in [3.63, 3.8) is 0 Å². The van der Waals surface area contributed by atoms with Gasteiger partial charge in [-0.15, -0.1) is 0 Å². The number of ether oxygens (including phenoxy) is 1. The van der Waals surface area contributed by atoms with Crippen molar-refractivity contribution < 1.29 is 22.7 Å². The molecule has 3 aliphatic heterocycles. The molecule has 8 nitrogen and oxygen atoms in total. The van der Waals surface area contributed by atoms with E-state index in [1.807, 2.05) is 4.90 Å². The van der Waals surface area contributed by atoms with Crippen LogP contribution < -0.4 is 10.1 Å². The highest BCUT2D eigenvalue weighted by Gasteiger charge is 2.35. The first-order chi connectivity index (χ1) is 14.8. The minimum atomic E-state index is -3.72. The second kappa shape index (κ2) is 8.78. The molecule has 170 valence electrons. The molecule has 0 aliphatic carbocycles. The highest BCUT2D eigenvalue weighted by atomic mass is 32.2. The summed E-state index contributed by atoms with van der Waals surface area (Å²) in [6.07, 6.45) is 4.87. The zero-order chi connectivity index (χ0) is 22.2. The van der Waals surface area contributed by atoms with Gasteiger partial charge < -0.3 is 15.0 Å². The minimum Gasteiger partial charge on any atom is -0.479 e. The summed E-state index contributed by atoms with van der Waals surface area (Å²) in [7, 11) is -3.72. The van der Waals surface area contributed by atoms with Gasteiger partial charge in [0, 0.05) is 38.2 Å². The third-order valence-corrected chi connectivity index (χ3v) is 8.59. The van der Waals surface area contributed by atoms with Crippen LogP contribution in [-0.2, 0) is 19.6 Å². The summed E-state index contributed by atoms with van der Waals surface area (Å²) in [6.45, 7) is 5.64. The van der Waals surface area contributed by atoms with E-state index >= 15 is 0 Å². The Morgan fingerprint density at radius 2 is 1.71 bits per heavy atom. The molecule has 9 heteroatoms. The van der Waals surface area contributed by atoms with Crippen molar-refractivity contribution in [1.29, 1.82) is 0 Å². The summed E-state index contributed by atoms with van der Waals surface area (Å²) in [5.74, 6) is 0.191. The Bertz CT molecular complexity index is 962. The molecule has 31 heavy (non-hydrogen) atoms. The van der Waals surface area contributed by atoms with E-state index in [1.165, 1.54) is 23.2 Å². The lowest BCUT2D eigenvalue weighted by Gasteiger charge is -2.34. The lowest BCUT2D eigenvalue weighted by molar-refractivity contribution is -0.136. The third kappa shape index (κ3) is 4.43. The maximum Gasteiger partial charge on any atom is 0.265 e. The fraction of sp³-hybridized carbons (Fsp3) is 0.636. The van der Waals surface area contributed by atoms with E-state index in [1.54, 1.807) is 19.9 Å². The topological polar surface area (TPSA) is 96.0 Å². The predicted octanol–water partition coefficient (Wildman–Crippen LogP) is 2.52. The Balaban J connectivity index is 1.46. The van der Waals surface area contributed by atoms with Crippen molar-refractivity contribution in [2.75, 3.05) is 31.5 Å². The number of amides is 2. The summed E-state index contributed by atoms with van der Waals surface area (Å²) in [6, 6.07) is 3.14. The second-order valence-electron chi connectivity index (χ2n) is 8.78. The molecule has 1 aromatic rings. The molecule has 1 N–H and O–H groups in total. The Morgan fingerprint density at radius 1 is 1.06 bits per heavy atom. The molecule has 0 aromatic heterocycles. The standard InChI is InChI=1S/C22H31N3O5S/c1-15-13-18-19(30-16(2)21(26)23-18)14-20(15)31(28,29)25-11-7-17(8-12-25)22(27)24-9-5-3-4-6-10-24/h13-14,16-17H,3-12H2,1-2H3,(H,23,26)/t16-/m1/s1. The number of hydrogen-bond donors (Lipinski definition) is 1. The maximum atomic E-state index is 13.4. The number of nitrogens with zero attached hydrogens (tertiary/aromatic N) is 2. The molecular weight excluding hydrogens is 418 g/mol. The molecule has 0 unspecified atom stereocenters. The molecule has 0 saturated carbocycles. The number of carbonyl (C=O) groups excluding carboxylic acids is 2. The van der Waals surface area contributed by atoms with E-state index < -0.39 is 16.1 Å². The van der Waals surface area contributed by atoms with Crippen LogP contribution in [0.5, 0.6) is 5.75 Å². The van der Waals surface area contributed by atoms with Gasteiger partial charge in [-0.05, 0) is 51.2 Å². The Labute approximate surface area is 184 Å². The SMILES string of the molecule is Cc1cc2c(cc1S(=O)(=O)N1CCC(C(=O)N3CCCCCC3)CC1)O[C@H](C)C(=O)N2. The molecule has 0 bridgehead atoms. The Morgan fingerprint density at radius 3 is 2.35 bits per heavy atom. The number of hydrogen-bond acceptors (Lipinski definition) is 5. The number of fused-ring (bicyclic) bond motifs is 1. The molecule has 1 atom stereocenters. The van der Waals surface area contributed by atoms with Crippen LogP contribution in [0.2, 0.25) is 0 Å². The average Bonchev–Trinajstić information content (AvgIpc) is 3.03. The van der Waals surface area contributed by atoms with Crippen LogP contribution in [0.1, 0.15) is 51.0 Å². The van der Waals surface area contributed by atoms with Gasteiger partial charge in [-0.25, -0.2) is 8.42 Å². The van der Waals surface area contributed by atoms with Gasteiger partial charge in [0.05, 0.1) is 10.6 Å². The van der Waals surface area contributed by atoms with Crippen LogP contribution in [0.15, 0.2) is 17.0 Å². The summed E-state index contributed by atoms with van der Waals surface area (Å²) < 4.78 is 33.8. The molecule has 1 aromatic carbocycles. The van der Waals surface area contributed by atoms with Crippen LogP contribution >= 0.6 is 0 Å². The van der Waals surface area contributed by atoms with Gasteiger partial charge in [0.2, 0.25) is 15.9 Å². The van der Waals surface area contributed by atoms with E-state index in [9.17, 15) is 18.0 Å². The lowest BCUT2D eigenvalue weighted by atomic mass is 9.96. The zero-order valence-corrected chi connectivity index (χ0v) is 19.0. The summed E-state index contributed by atoms with van der Waals surface area (Å²) in [5.41, 5.74) is 1.04. The summed E-state index contributed by atoms with van der Waals surface area (Å²) >= 11 is 0. The molecule has 2 saturated heterocycles. The fourth-order valence-corrected chi connectivity index (χ4v) is 6.34. The zero-order valence-electron chi connectivity index (χ0n) is 18.2. The van der Waals surface area contributed by atoms with E-state index in [2.05, 4.69) is 5.32 Å². The monoisotopic (exact) mass is 449 g/mol. The van der Waals surface area contributed by atoms with Crippen LogP contribution in [-0.4, -0.2) is 61.7 Å². The fourth-order valence-electron chi connectivity index (χ4n) is 4.65. The van der Waals surface area contributed by atoms with Gasteiger partial charge in [-0.3, -0.25) is 9.59 Å². The number of benzene rings is 1. The second-order valence-corrected chi connectivity index (χ2v) is 10.7. The highest BCUT2D eigenvalue weighted by molar-refractivity contribution is 7.89. The van der Waals surface area contributed by atoms with E-state index in [0.717, 1.165) is 25.9 Å². The molecule has 2 amide bonds. The molecule has 0 radical (unpaired) electrons. The van der Waals surface area contributed by atoms with Gasteiger partial charge in [0.15, 0.2) is 6.10 Å². The van der Waals surface area contributed by atoms with Crippen molar-refractivity contribution >= 4 is 27.5 Å². The van der Waals surface area contributed by atoms with Gasteiger partial charge in [0.25, 0.3) is 5.91 Å². The van der Waals surface area contributed by atoms with Crippen LogP contribution in [0, 0.1) is 12.8 Å². The van der Waals surface area contributed by atoms with Gasteiger partial charge in [-0.2, -0.15) is 4.31 Å². The molecule has 3 heterocycles. The number of rotatable bonds is 3. The highest BCUT2D eigenvalue weighted by Crippen LogP contribution is 2.36. The Kier molecular flexibility index (Phi) is 6.25. The minimum absolute atomic E-state index is 0.103. The maximum absolute atomic E-state index is 13.4. The predicted molar refractivity (Wildman–Crippen MR) is 116 cm³/mol. The first-order valence-corrected chi connectivity index (χ1v) is 12.6. The number of aryl methyl sites for hydroxylation is 1. The van der Waals surface area contributed by atoms with Crippen molar-refractivity contribution in [1.82, 2.24) is 9.21 Å². The molecule has 2 fully saturated rings. The first kappa shape index (κ1) is 22.1. The number of nitrogens with one attached hydrogen (secondary N) is 1. The van der Waals surface area contributed by atoms with Crippen molar-refractivity contribution in [3.8, 4) is 5.75 Å². The van der Waals surface area contributed by atoms with E-state index in [0.29, 0.717) is 42.9 Å². The lowest BCUT2D eigenvalue weighted by Crippen LogP contribution is -2.44. The molecular formula is C22H31N3O5S. The van der Waals surface area contributed by atoms with Gasteiger partial charge in [0.1, 0.15) is 5.75 Å². The van der Waals surface area contributed by atoms with Crippen molar-refractivity contribution in [3.05, 3.63) is 17.7 Å². The average molecular weight is 450 g/mol. The molecule has 0 spiro atoms. The number of carbonyl (C=O) groups is 2. The van der Waals surface area contributed by atoms with Gasteiger partial charge in [-0.1, -0.05) is 12.8 Å². The van der Waals surface area contributed by atoms with Gasteiger partial charge >= 0.3 is 0 Å². The smallest absolute Gasteiger partial charge is 0.265 e. The number of anilines is 1. The summed E-state index contributed by atoms with van der Waals surface area (Å²) in [4.78, 5) is 26.9. The van der Waals surface area contributed by atoms with Crippen LogP contribution in [0.4, 0.5) is 5.69 Å². The summed E-state index contributed by atoms with van der Waals surface area (Å²) in [5, 5.41) is 2.75. The first-order valence-electron chi connectivity index (χ1n) is 11.2. The molecule has 4 rings (SSSR count). The van der Waals surface area contributed by atoms with Crippen LogP contribution in [0.25, 0.3) is 0 Å². The van der Waals surface area contributed by atoms with Crippen LogP contribution in [0.3, 0.4) is 0 Å². The normalized spacial score (nSPS) is 23.5. The van der Waals surface area contributed by atoms with E-state index in [-0.39, 0.29) is 22.6 Å². The third-order valence-electron chi connectivity index (χ3n) is 6.55. The molecule has 3 aliphatic rings. The number of sulfonamides is 1. The number of likely N-dealkylation sites (tertiary alicyclic amines) is 1. The number of piperidine rings is 1. The largest absolute Gasteiger partial charge is 0.479 e. The quantitative estimate of drug-likeness (QED) is 0.765. The Hall–Kier alpha value is -2.13. The van der Waals surface area contributed by atoms with E-state index in [4.69, 9.17) is 4.74 Å².